The summed E-state index contributed by atoms with van der Waals surface area (Å²) in [5.74, 6) is -0.737. The fourth-order valence-electron chi connectivity index (χ4n) is 2.75. The van der Waals surface area contributed by atoms with E-state index in [1.807, 2.05) is 11.9 Å². The molecule has 0 aromatic heterocycles. The molecule has 21 heavy (non-hydrogen) atoms. The maximum atomic E-state index is 10.8. The zero-order chi connectivity index (χ0) is 15.0. The van der Waals surface area contributed by atoms with E-state index in [-0.39, 0.29) is 19.0 Å². The monoisotopic (exact) mass is 322 g/mol. The molecule has 1 heterocycles. The van der Waals surface area contributed by atoms with Crippen LogP contribution in [0.3, 0.4) is 0 Å². The molecule has 1 aliphatic rings. The molecular weight excluding hydrogens is 292 g/mol. The molecule has 0 spiro atoms. The van der Waals surface area contributed by atoms with Gasteiger partial charge in [0.05, 0.1) is 12.6 Å². The van der Waals surface area contributed by atoms with Crippen LogP contribution in [-0.2, 0) is 9.53 Å². The Hall–Kier alpha value is -0.360. The second-order valence-electron chi connectivity index (χ2n) is 6.01. The second-order valence-corrected chi connectivity index (χ2v) is 6.01. The Labute approximate surface area is 135 Å². The predicted molar refractivity (Wildman–Crippen MR) is 87.3 cm³/mol. The summed E-state index contributed by atoms with van der Waals surface area (Å²) in [6.45, 7) is 8.38. The molecule has 0 bridgehead atoms. The molecule has 0 radical (unpaired) electrons. The van der Waals surface area contributed by atoms with Gasteiger partial charge < -0.3 is 14.7 Å². The van der Waals surface area contributed by atoms with Crippen LogP contribution in [-0.4, -0.2) is 72.9 Å². The molecule has 1 N–H and O–H groups in total. The first-order valence-corrected chi connectivity index (χ1v) is 7.75. The van der Waals surface area contributed by atoms with Gasteiger partial charge in [0.15, 0.2) is 0 Å². The zero-order valence-electron chi connectivity index (χ0n) is 13.6. The summed E-state index contributed by atoms with van der Waals surface area (Å²) >= 11 is 0. The van der Waals surface area contributed by atoms with E-state index in [1.54, 1.807) is 0 Å². The van der Waals surface area contributed by atoms with Crippen molar-refractivity contribution in [2.24, 2.45) is 0 Å². The topological polar surface area (TPSA) is 53.0 Å². The van der Waals surface area contributed by atoms with Crippen molar-refractivity contribution in [3.63, 3.8) is 0 Å². The molecule has 0 amide bonds. The lowest BCUT2D eigenvalue weighted by Gasteiger charge is -2.25. The molecule has 126 valence electrons. The van der Waals surface area contributed by atoms with Gasteiger partial charge in [0.2, 0.25) is 0 Å². The quantitative estimate of drug-likeness (QED) is 0.694. The lowest BCUT2D eigenvalue weighted by Crippen LogP contribution is -2.36. The highest BCUT2D eigenvalue weighted by Gasteiger charge is 2.21. The average molecular weight is 323 g/mol. The van der Waals surface area contributed by atoms with Crippen molar-refractivity contribution in [1.82, 2.24) is 9.80 Å². The Kier molecular flexibility index (Phi) is 11.0. The van der Waals surface area contributed by atoms with Gasteiger partial charge in [-0.15, -0.1) is 12.4 Å². The van der Waals surface area contributed by atoms with Crippen LogP contribution in [0.5, 0.6) is 0 Å². The van der Waals surface area contributed by atoms with Crippen molar-refractivity contribution in [2.75, 3.05) is 39.8 Å². The molecule has 1 unspecified atom stereocenters. The third kappa shape index (κ3) is 9.30. The number of carbonyl (C=O) groups is 1. The van der Waals surface area contributed by atoms with Crippen LogP contribution in [0.25, 0.3) is 0 Å². The van der Waals surface area contributed by atoms with E-state index in [2.05, 4.69) is 18.7 Å². The highest BCUT2D eigenvalue weighted by atomic mass is 35.5. The third-order valence-corrected chi connectivity index (χ3v) is 3.87. The summed E-state index contributed by atoms with van der Waals surface area (Å²) < 4.78 is 5.57. The van der Waals surface area contributed by atoms with E-state index in [4.69, 9.17) is 9.84 Å². The highest BCUT2D eigenvalue weighted by molar-refractivity contribution is 5.85. The molecule has 1 fully saturated rings. The number of carboxylic acids is 1. The summed E-state index contributed by atoms with van der Waals surface area (Å²) in [6.07, 6.45) is 4.71. The van der Waals surface area contributed by atoms with Crippen molar-refractivity contribution in [1.29, 1.82) is 0 Å². The number of likely N-dealkylation sites (tertiary alicyclic amines) is 1. The Balaban J connectivity index is 0.00000400. The van der Waals surface area contributed by atoms with E-state index in [0.717, 1.165) is 51.9 Å². The van der Waals surface area contributed by atoms with Gasteiger partial charge in [0.25, 0.3) is 0 Å². The molecule has 1 saturated heterocycles. The van der Waals surface area contributed by atoms with E-state index in [9.17, 15) is 4.79 Å². The number of rotatable bonds is 8. The number of aliphatic carboxylic acids is 1. The van der Waals surface area contributed by atoms with E-state index >= 15 is 0 Å². The van der Waals surface area contributed by atoms with Crippen molar-refractivity contribution >= 4 is 18.4 Å². The number of hydrogen-bond donors (Lipinski definition) is 1. The predicted octanol–water partition coefficient (Wildman–Crippen LogP) is 2.09. The van der Waals surface area contributed by atoms with Crippen LogP contribution >= 0.6 is 12.4 Å². The van der Waals surface area contributed by atoms with Crippen LogP contribution < -0.4 is 0 Å². The number of ether oxygens (including phenoxy) is 1. The van der Waals surface area contributed by atoms with Crippen molar-refractivity contribution < 1.29 is 14.6 Å². The van der Waals surface area contributed by atoms with Crippen molar-refractivity contribution in [2.45, 2.75) is 51.7 Å². The third-order valence-electron chi connectivity index (χ3n) is 3.87. The number of nitrogens with zero attached hydrogens (tertiary/aromatic N) is 2. The van der Waals surface area contributed by atoms with E-state index in [1.165, 1.54) is 0 Å². The Bertz CT molecular complexity index is 290. The van der Waals surface area contributed by atoms with Crippen molar-refractivity contribution in [3.8, 4) is 0 Å². The molecule has 0 aromatic rings. The standard InChI is InChI=1S/C15H30N2O3.ClH/c1-13(2)20-11-5-9-17-8-4-6-14(7-10-17)16(3)12-15(18)19;/h13-14H,4-12H2,1-3H3,(H,18,19);1H. The number of carboxylic acid groups (broad SMARTS) is 1. The smallest absolute Gasteiger partial charge is 0.317 e. The van der Waals surface area contributed by atoms with Gasteiger partial charge in [-0.2, -0.15) is 0 Å². The molecule has 0 saturated carbocycles. The second kappa shape index (κ2) is 11.2. The first-order valence-electron chi connectivity index (χ1n) is 7.75. The first-order chi connectivity index (χ1) is 9.49. The zero-order valence-corrected chi connectivity index (χ0v) is 14.4. The average Bonchev–Trinajstić information content (AvgIpc) is 2.59. The molecule has 5 nitrogen and oxygen atoms in total. The van der Waals surface area contributed by atoms with Gasteiger partial charge in [-0.25, -0.2) is 0 Å². The van der Waals surface area contributed by atoms with Crippen LogP contribution in [0.1, 0.15) is 39.5 Å². The maximum Gasteiger partial charge on any atom is 0.317 e. The molecule has 0 aromatic carbocycles. The molecule has 1 aliphatic heterocycles. The SMILES string of the molecule is CC(C)OCCCN1CCCC(N(C)CC(=O)O)CC1.Cl. The Morgan fingerprint density at radius 3 is 2.71 bits per heavy atom. The minimum absolute atomic E-state index is 0. The molecule has 0 aliphatic carbocycles. The summed E-state index contributed by atoms with van der Waals surface area (Å²) in [6, 6.07) is 0.406. The lowest BCUT2D eigenvalue weighted by atomic mass is 10.1. The number of halogens is 1. The van der Waals surface area contributed by atoms with Gasteiger partial charge in [-0.05, 0) is 59.7 Å². The fourth-order valence-corrected chi connectivity index (χ4v) is 2.75. The van der Waals surface area contributed by atoms with Gasteiger partial charge in [0, 0.05) is 19.2 Å². The lowest BCUT2D eigenvalue weighted by molar-refractivity contribution is -0.138. The van der Waals surface area contributed by atoms with Gasteiger partial charge >= 0.3 is 5.97 Å². The highest BCUT2D eigenvalue weighted by Crippen LogP contribution is 2.15. The van der Waals surface area contributed by atoms with Gasteiger partial charge in [0.1, 0.15) is 0 Å². The van der Waals surface area contributed by atoms with Crippen LogP contribution in [0, 0.1) is 0 Å². The van der Waals surface area contributed by atoms with Crippen LogP contribution in [0.2, 0.25) is 0 Å². The fraction of sp³-hybridized carbons (Fsp3) is 0.933. The van der Waals surface area contributed by atoms with Crippen LogP contribution in [0.15, 0.2) is 0 Å². The maximum absolute atomic E-state index is 10.8. The molecule has 6 heteroatoms. The summed E-state index contributed by atoms with van der Waals surface area (Å²) in [5, 5.41) is 8.86. The summed E-state index contributed by atoms with van der Waals surface area (Å²) in [5.41, 5.74) is 0. The Morgan fingerprint density at radius 2 is 2.10 bits per heavy atom. The van der Waals surface area contributed by atoms with E-state index in [0.29, 0.717) is 12.1 Å². The van der Waals surface area contributed by atoms with Gasteiger partial charge in [-0.1, -0.05) is 0 Å². The molecular formula is C15H31ClN2O3. The largest absolute Gasteiger partial charge is 0.480 e. The summed E-state index contributed by atoms with van der Waals surface area (Å²) in [4.78, 5) is 15.2. The van der Waals surface area contributed by atoms with E-state index < -0.39 is 5.97 Å². The first kappa shape index (κ1) is 20.6. The Morgan fingerprint density at radius 1 is 1.38 bits per heavy atom. The van der Waals surface area contributed by atoms with Crippen molar-refractivity contribution in [3.05, 3.63) is 0 Å². The van der Waals surface area contributed by atoms with Gasteiger partial charge in [-0.3, -0.25) is 9.69 Å². The number of likely N-dealkylation sites (N-methyl/N-ethyl adjacent to an activating group) is 1. The summed E-state index contributed by atoms with van der Waals surface area (Å²) in [7, 11) is 1.92. The van der Waals surface area contributed by atoms with Crippen LogP contribution in [0.4, 0.5) is 0 Å². The minimum Gasteiger partial charge on any atom is -0.480 e. The normalized spacial score (nSPS) is 20.3. The number of hydrogen-bond acceptors (Lipinski definition) is 4. The minimum atomic E-state index is -0.737. The molecule has 1 atom stereocenters. The molecule has 1 rings (SSSR count).